The number of carbonyl (C=O) groups excluding carboxylic acids is 1. The molecule has 0 fully saturated rings. The smallest absolute Gasteiger partial charge is 0.190 e. The number of hydrogen-bond acceptors (Lipinski definition) is 2. The van der Waals surface area contributed by atoms with Gasteiger partial charge in [-0.1, -0.05) is 43.6 Å². The first-order valence-electron chi connectivity index (χ1n) is 5.15. The van der Waals surface area contributed by atoms with Gasteiger partial charge in [-0.2, -0.15) is 0 Å². The van der Waals surface area contributed by atoms with Crippen LogP contribution in [0.15, 0.2) is 24.3 Å². The number of ketones is 1. The van der Waals surface area contributed by atoms with Gasteiger partial charge in [-0.15, -0.1) is 0 Å². The van der Waals surface area contributed by atoms with Gasteiger partial charge in [-0.25, -0.2) is 0 Å². The molecule has 0 aliphatic heterocycles. The summed E-state index contributed by atoms with van der Waals surface area (Å²) < 4.78 is 5.02. The normalized spacial score (nSPS) is 10.5. The standard InChI is InChI=1S/C13H14Cl2O2/c1-7(2)8(3)13(16)9-5-6-10(17-4)12(15)11(9)14/h5-7H,3H2,1-2,4H3. The highest BCUT2D eigenvalue weighted by molar-refractivity contribution is 6.45. The molecule has 0 radical (unpaired) electrons. The molecule has 2 nitrogen and oxygen atoms in total. The van der Waals surface area contributed by atoms with E-state index in [0.717, 1.165) is 0 Å². The molecule has 4 heteroatoms. The maximum Gasteiger partial charge on any atom is 0.190 e. The minimum atomic E-state index is -0.186. The van der Waals surface area contributed by atoms with Crippen molar-refractivity contribution in [2.24, 2.45) is 5.92 Å². The van der Waals surface area contributed by atoms with Gasteiger partial charge in [0.1, 0.15) is 10.8 Å². The summed E-state index contributed by atoms with van der Waals surface area (Å²) in [5, 5.41) is 0.453. The fourth-order valence-electron chi connectivity index (χ4n) is 1.30. The highest BCUT2D eigenvalue weighted by Gasteiger charge is 2.19. The maximum atomic E-state index is 12.1. The molecule has 0 aromatic heterocycles. The molecule has 1 aromatic carbocycles. The third-order valence-corrected chi connectivity index (χ3v) is 3.36. The van der Waals surface area contributed by atoms with E-state index in [1.54, 1.807) is 12.1 Å². The summed E-state index contributed by atoms with van der Waals surface area (Å²) in [5.41, 5.74) is 0.865. The zero-order valence-electron chi connectivity index (χ0n) is 10.0. The van der Waals surface area contributed by atoms with E-state index >= 15 is 0 Å². The van der Waals surface area contributed by atoms with E-state index in [2.05, 4.69) is 6.58 Å². The Hall–Kier alpha value is -0.990. The van der Waals surface area contributed by atoms with E-state index in [0.29, 0.717) is 16.9 Å². The van der Waals surface area contributed by atoms with Crippen LogP contribution in [0.1, 0.15) is 24.2 Å². The van der Waals surface area contributed by atoms with Crippen LogP contribution in [0.25, 0.3) is 0 Å². The summed E-state index contributed by atoms with van der Waals surface area (Å²) in [5.74, 6) is 0.331. The lowest BCUT2D eigenvalue weighted by Crippen LogP contribution is -2.08. The number of rotatable bonds is 4. The highest BCUT2D eigenvalue weighted by Crippen LogP contribution is 2.35. The van der Waals surface area contributed by atoms with E-state index in [1.807, 2.05) is 13.8 Å². The predicted molar refractivity (Wildman–Crippen MR) is 71.3 cm³/mol. The number of benzene rings is 1. The number of methoxy groups -OCH3 is 1. The van der Waals surface area contributed by atoms with Crippen LogP contribution in [0.4, 0.5) is 0 Å². The van der Waals surface area contributed by atoms with E-state index in [1.165, 1.54) is 7.11 Å². The van der Waals surface area contributed by atoms with Gasteiger partial charge in [0.2, 0.25) is 0 Å². The van der Waals surface area contributed by atoms with Crippen LogP contribution in [-0.2, 0) is 0 Å². The van der Waals surface area contributed by atoms with Gasteiger partial charge in [-0.05, 0) is 23.6 Å². The minimum Gasteiger partial charge on any atom is -0.495 e. The molecule has 0 heterocycles. The van der Waals surface area contributed by atoms with Crippen molar-refractivity contribution in [3.05, 3.63) is 39.9 Å². The van der Waals surface area contributed by atoms with Gasteiger partial charge in [0.15, 0.2) is 5.78 Å². The average Bonchev–Trinajstić information content (AvgIpc) is 2.30. The molecule has 0 unspecified atom stereocenters. The van der Waals surface area contributed by atoms with Gasteiger partial charge in [0, 0.05) is 5.56 Å². The van der Waals surface area contributed by atoms with E-state index in [-0.39, 0.29) is 21.7 Å². The van der Waals surface area contributed by atoms with Crippen molar-refractivity contribution in [1.82, 2.24) is 0 Å². The molecule has 0 aliphatic carbocycles. The first kappa shape index (κ1) is 14.1. The number of allylic oxidation sites excluding steroid dienone is 1. The van der Waals surface area contributed by atoms with Crippen LogP contribution in [0.3, 0.4) is 0 Å². The molecular weight excluding hydrogens is 259 g/mol. The molecular formula is C13H14Cl2O2. The Morgan fingerprint density at radius 2 is 1.88 bits per heavy atom. The highest BCUT2D eigenvalue weighted by atomic mass is 35.5. The number of carbonyl (C=O) groups is 1. The molecule has 1 aromatic rings. The van der Waals surface area contributed by atoms with Crippen molar-refractivity contribution in [2.75, 3.05) is 7.11 Å². The van der Waals surface area contributed by atoms with E-state index in [4.69, 9.17) is 27.9 Å². The molecule has 1 rings (SSSR count). The zero-order chi connectivity index (χ0) is 13.2. The molecule has 0 aliphatic rings. The Morgan fingerprint density at radius 1 is 1.29 bits per heavy atom. The lowest BCUT2D eigenvalue weighted by atomic mass is 9.96. The Labute approximate surface area is 111 Å². The van der Waals surface area contributed by atoms with Gasteiger partial charge < -0.3 is 4.74 Å². The second-order valence-corrected chi connectivity index (χ2v) is 4.71. The van der Waals surface area contributed by atoms with Crippen molar-refractivity contribution in [1.29, 1.82) is 0 Å². The van der Waals surface area contributed by atoms with Crippen LogP contribution in [0, 0.1) is 5.92 Å². The third kappa shape index (κ3) is 2.82. The molecule has 0 saturated heterocycles. The van der Waals surface area contributed by atoms with Crippen LogP contribution < -0.4 is 4.74 Å². The minimum absolute atomic E-state index is 0.0689. The van der Waals surface area contributed by atoms with Crippen molar-refractivity contribution in [3.63, 3.8) is 0 Å². The predicted octanol–water partition coefficient (Wildman–Crippen LogP) is 4.40. The van der Waals surface area contributed by atoms with Crippen LogP contribution >= 0.6 is 23.2 Å². The Balaban J connectivity index is 3.21. The molecule has 0 atom stereocenters. The van der Waals surface area contributed by atoms with E-state index in [9.17, 15) is 4.79 Å². The average molecular weight is 273 g/mol. The number of ether oxygens (including phenoxy) is 1. The Bertz CT molecular complexity index is 465. The van der Waals surface area contributed by atoms with Gasteiger partial charge in [0.25, 0.3) is 0 Å². The zero-order valence-corrected chi connectivity index (χ0v) is 11.5. The summed E-state index contributed by atoms with van der Waals surface area (Å²) in [7, 11) is 1.49. The lowest BCUT2D eigenvalue weighted by molar-refractivity contribution is 0.102. The maximum absolute atomic E-state index is 12.1. The number of halogens is 2. The summed E-state index contributed by atoms with van der Waals surface area (Å²) in [6.07, 6.45) is 0. The molecule has 0 N–H and O–H groups in total. The first-order chi connectivity index (χ1) is 7.90. The summed E-state index contributed by atoms with van der Waals surface area (Å²) in [6.45, 7) is 7.57. The fraction of sp³-hybridized carbons (Fsp3) is 0.308. The summed E-state index contributed by atoms with van der Waals surface area (Å²) in [6, 6.07) is 3.22. The third-order valence-electron chi connectivity index (χ3n) is 2.50. The summed E-state index contributed by atoms with van der Waals surface area (Å²) in [4.78, 5) is 12.1. The fourth-order valence-corrected chi connectivity index (χ4v) is 1.78. The lowest BCUT2D eigenvalue weighted by Gasteiger charge is -2.12. The second-order valence-electron chi connectivity index (χ2n) is 3.95. The molecule has 0 spiro atoms. The van der Waals surface area contributed by atoms with E-state index < -0.39 is 0 Å². The number of Topliss-reactive ketones (excluding diaryl/α,β-unsaturated/α-hetero) is 1. The van der Waals surface area contributed by atoms with Crippen LogP contribution in [0.2, 0.25) is 10.0 Å². The Morgan fingerprint density at radius 3 is 2.35 bits per heavy atom. The van der Waals surface area contributed by atoms with Crippen LogP contribution in [-0.4, -0.2) is 12.9 Å². The Kier molecular flexibility index (Phi) is 4.61. The molecule has 0 bridgehead atoms. The van der Waals surface area contributed by atoms with Crippen molar-refractivity contribution in [3.8, 4) is 5.75 Å². The van der Waals surface area contributed by atoms with Gasteiger partial charge in [-0.3, -0.25) is 4.79 Å². The molecule has 92 valence electrons. The van der Waals surface area contributed by atoms with Gasteiger partial charge in [0.05, 0.1) is 12.1 Å². The topological polar surface area (TPSA) is 26.3 Å². The molecule has 17 heavy (non-hydrogen) atoms. The van der Waals surface area contributed by atoms with Crippen molar-refractivity contribution < 1.29 is 9.53 Å². The van der Waals surface area contributed by atoms with Gasteiger partial charge >= 0.3 is 0 Å². The van der Waals surface area contributed by atoms with Crippen LogP contribution in [0.5, 0.6) is 5.75 Å². The number of hydrogen-bond donors (Lipinski definition) is 0. The SMILES string of the molecule is C=C(C(=O)c1ccc(OC)c(Cl)c1Cl)C(C)C. The molecule has 0 saturated carbocycles. The largest absolute Gasteiger partial charge is 0.495 e. The monoisotopic (exact) mass is 272 g/mol. The molecule has 0 amide bonds. The summed E-state index contributed by atoms with van der Waals surface area (Å²) >= 11 is 12.0. The quantitative estimate of drug-likeness (QED) is 0.600. The second kappa shape index (κ2) is 5.56. The van der Waals surface area contributed by atoms with Crippen molar-refractivity contribution in [2.45, 2.75) is 13.8 Å². The first-order valence-corrected chi connectivity index (χ1v) is 5.91. The van der Waals surface area contributed by atoms with Crippen molar-refractivity contribution >= 4 is 29.0 Å².